The van der Waals surface area contributed by atoms with E-state index in [4.69, 9.17) is 0 Å². The Labute approximate surface area is 84.4 Å². The van der Waals surface area contributed by atoms with Gasteiger partial charge in [-0.25, -0.2) is 0 Å². The van der Waals surface area contributed by atoms with E-state index < -0.39 is 5.51 Å². The second kappa shape index (κ2) is 5.70. The van der Waals surface area contributed by atoms with Crippen LogP contribution in [0.5, 0.6) is 0 Å². The molecule has 0 heterocycles. The molecule has 0 rings (SSSR count). The van der Waals surface area contributed by atoms with Gasteiger partial charge in [-0.1, -0.05) is 24.8 Å². The fourth-order valence-corrected chi connectivity index (χ4v) is 1.09. The van der Waals surface area contributed by atoms with E-state index in [9.17, 15) is 18.0 Å². The number of allylic oxidation sites excluding steroid dienone is 5. The average Bonchev–Trinajstić information content (AvgIpc) is 2.03. The molecule has 0 aliphatic heterocycles. The fourth-order valence-electron chi connectivity index (χ4n) is 0.586. The van der Waals surface area contributed by atoms with Gasteiger partial charge >= 0.3 is 5.51 Å². The number of carbonyl (C=O) groups excluding carboxylic acids is 1. The Morgan fingerprint density at radius 2 is 1.93 bits per heavy atom. The largest absolute Gasteiger partial charge is 0.446 e. The second-order valence-electron chi connectivity index (χ2n) is 2.31. The van der Waals surface area contributed by atoms with Crippen molar-refractivity contribution in [3.05, 3.63) is 35.3 Å². The third-order valence-electron chi connectivity index (χ3n) is 1.16. The highest BCUT2D eigenvalue weighted by Gasteiger charge is 2.28. The quantitative estimate of drug-likeness (QED) is 0.411. The van der Waals surface area contributed by atoms with Crippen LogP contribution in [-0.4, -0.2) is 11.8 Å². The molecule has 78 valence electrons. The summed E-state index contributed by atoms with van der Waals surface area (Å²) in [5, 5.41) is 0. The average molecular weight is 222 g/mol. The van der Waals surface area contributed by atoms with Crippen molar-refractivity contribution in [3.8, 4) is 0 Å². The molecule has 14 heavy (non-hydrogen) atoms. The van der Waals surface area contributed by atoms with Crippen LogP contribution in [0.2, 0.25) is 0 Å². The van der Waals surface area contributed by atoms with E-state index in [2.05, 4.69) is 6.58 Å². The molecule has 5 heteroatoms. The molecule has 0 radical (unpaired) electrons. The number of thioether (sulfide) groups is 1. The number of alkyl halides is 3. The molecular weight excluding hydrogens is 213 g/mol. The molecule has 0 aliphatic carbocycles. The van der Waals surface area contributed by atoms with Gasteiger partial charge in [0, 0.05) is 5.57 Å². The Morgan fingerprint density at radius 3 is 2.29 bits per heavy atom. The van der Waals surface area contributed by atoms with Crippen molar-refractivity contribution in [2.24, 2.45) is 0 Å². The zero-order valence-corrected chi connectivity index (χ0v) is 8.28. The second-order valence-corrected chi connectivity index (χ2v) is 3.62. The summed E-state index contributed by atoms with van der Waals surface area (Å²) in [5.74, 6) is 0. The first-order chi connectivity index (χ1) is 6.39. The van der Waals surface area contributed by atoms with E-state index >= 15 is 0 Å². The number of halogens is 3. The van der Waals surface area contributed by atoms with Crippen LogP contribution in [0, 0.1) is 0 Å². The Balaban J connectivity index is 4.45. The topological polar surface area (TPSA) is 17.1 Å². The van der Waals surface area contributed by atoms with Gasteiger partial charge in [0.25, 0.3) is 0 Å². The minimum Gasteiger partial charge on any atom is -0.298 e. The Bertz CT molecular complexity index is 266. The Kier molecular flexibility index (Phi) is 5.30. The first kappa shape index (κ1) is 13.0. The van der Waals surface area contributed by atoms with Gasteiger partial charge in [-0.2, -0.15) is 13.2 Å². The molecular formula is C9H9F3OS. The predicted octanol–water partition coefficient (Wildman–Crippen LogP) is 3.45. The standard InChI is InChI=1S/C9H9F3OS/c1-3-8(6-13)5-4-7(2)14-9(10,11)12/h3-6H,1H2,2H3/b7-4+,8-5+. The summed E-state index contributed by atoms with van der Waals surface area (Å²) in [7, 11) is 0. The molecule has 0 fully saturated rings. The zero-order chi connectivity index (χ0) is 11.2. The van der Waals surface area contributed by atoms with Crippen molar-refractivity contribution in [1.82, 2.24) is 0 Å². The molecule has 0 aromatic carbocycles. The lowest BCUT2D eigenvalue weighted by Crippen LogP contribution is -1.98. The van der Waals surface area contributed by atoms with Gasteiger partial charge in [0.2, 0.25) is 0 Å². The van der Waals surface area contributed by atoms with Crippen molar-refractivity contribution in [2.45, 2.75) is 12.4 Å². The van der Waals surface area contributed by atoms with Crippen molar-refractivity contribution in [2.75, 3.05) is 0 Å². The SMILES string of the molecule is C=C/C(C=O)=C\C=C(/C)SC(F)(F)F. The van der Waals surface area contributed by atoms with Gasteiger partial charge in [0.15, 0.2) is 0 Å². The lowest BCUT2D eigenvalue weighted by Gasteiger charge is -2.03. The van der Waals surface area contributed by atoms with Gasteiger partial charge in [-0.05, 0) is 23.6 Å². The first-order valence-electron chi connectivity index (χ1n) is 3.61. The van der Waals surface area contributed by atoms with Crippen LogP contribution in [0.1, 0.15) is 6.92 Å². The molecule has 0 bridgehead atoms. The van der Waals surface area contributed by atoms with Gasteiger partial charge < -0.3 is 0 Å². The molecule has 0 saturated carbocycles. The molecule has 0 aromatic rings. The van der Waals surface area contributed by atoms with Gasteiger partial charge in [-0.3, -0.25) is 4.79 Å². The number of carbonyl (C=O) groups is 1. The van der Waals surface area contributed by atoms with Gasteiger partial charge in [0.05, 0.1) is 0 Å². The molecule has 0 N–H and O–H groups in total. The maximum atomic E-state index is 11.8. The van der Waals surface area contributed by atoms with Crippen LogP contribution in [0.25, 0.3) is 0 Å². The van der Waals surface area contributed by atoms with Crippen LogP contribution in [-0.2, 0) is 4.79 Å². The lowest BCUT2D eigenvalue weighted by molar-refractivity contribution is -0.104. The Morgan fingerprint density at radius 1 is 1.36 bits per heavy atom. The summed E-state index contributed by atoms with van der Waals surface area (Å²) < 4.78 is 35.4. The van der Waals surface area contributed by atoms with Crippen molar-refractivity contribution in [3.63, 3.8) is 0 Å². The van der Waals surface area contributed by atoms with Crippen LogP contribution in [0.3, 0.4) is 0 Å². The van der Waals surface area contributed by atoms with Crippen LogP contribution >= 0.6 is 11.8 Å². The van der Waals surface area contributed by atoms with Gasteiger partial charge in [0.1, 0.15) is 6.29 Å². The third-order valence-corrected chi connectivity index (χ3v) is 1.85. The zero-order valence-electron chi connectivity index (χ0n) is 7.47. The van der Waals surface area contributed by atoms with Crippen molar-refractivity contribution < 1.29 is 18.0 Å². The van der Waals surface area contributed by atoms with E-state index in [1.807, 2.05) is 0 Å². The molecule has 0 atom stereocenters. The van der Waals surface area contributed by atoms with Gasteiger partial charge in [-0.15, -0.1) is 0 Å². The number of hydrogen-bond acceptors (Lipinski definition) is 2. The number of rotatable bonds is 4. The van der Waals surface area contributed by atoms with Crippen molar-refractivity contribution >= 4 is 18.0 Å². The van der Waals surface area contributed by atoms with Crippen molar-refractivity contribution in [1.29, 1.82) is 0 Å². The lowest BCUT2D eigenvalue weighted by atomic mass is 10.2. The third kappa shape index (κ3) is 6.54. The van der Waals surface area contributed by atoms with E-state index in [0.29, 0.717) is 6.29 Å². The minimum atomic E-state index is -4.29. The minimum absolute atomic E-state index is 0.0682. The molecule has 0 unspecified atom stereocenters. The maximum Gasteiger partial charge on any atom is 0.446 e. The van der Waals surface area contributed by atoms with Crippen LogP contribution in [0.4, 0.5) is 13.2 Å². The molecule has 0 spiro atoms. The van der Waals surface area contributed by atoms with E-state index in [-0.39, 0.29) is 22.2 Å². The smallest absolute Gasteiger partial charge is 0.298 e. The normalized spacial score (nSPS) is 14.0. The summed E-state index contributed by atoms with van der Waals surface area (Å²) >= 11 is -0.214. The van der Waals surface area contributed by atoms with E-state index in [1.54, 1.807) is 0 Å². The van der Waals surface area contributed by atoms with E-state index in [1.165, 1.54) is 25.2 Å². The summed E-state index contributed by atoms with van der Waals surface area (Å²) in [4.78, 5) is 10.3. The van der Waals surface area contributed by atoms with Crippen LogP contribution < -0.4 is 0 Å². The summed E-state index contributed by atoms with van der Waals surface area (Å²) in [6.07, 6.45) is 4.31. The molecule has 0 saturated heterocycles. The molecule has 0 amide bonds. The fraction of sp³-hybridized carbons (Fsp3) is 0.222. The predicted molar refractivity (Wildman–Crippen MR) is 51.7 cm³/mol. The summed E-state index contributed by atoms with van der Waals surface area (Å²) in [6.45, 7) is 4.65. The summed E-state index contributed by atoms with van der Waals surface area (Å²) in [6, 6.07) is 0. The highest BCUT2D eigenvalue weighted by molar-refractivity contribution is 8.03. The molecule has 1 nitrogen and oxygen atoms in total. The summed E-state index contributed by atoms with van der Waals surface area (Å²) in [5.41, 5.74) is -4.05. The number of hydrogen-bond donors (Lipinski definition) is 0. The molecule has 0 aromatic heterocycles. The first-order valence-corrected chi connectivity index (χ1v) is 4.42. The monoisotopic (exact) mass is 222 g/mol. The highest BCUT2D eigenvalue weighted by Crippen LogP contribution is 2.35. The van der Waals surface area contributed by atoms with Crippen LogP contribution in [0.15, 0.2) is 35.3 Å². The highest BCUT2D eigenvalue weighted by atomic mass is 32.2. The molecule has 0 aliphatic rings. The number of aldehydes is 1. The Hall–Kier alpha value is -0.970. The maximum absolute atomic E-state index is 11.8. The van der Waals surface area contributed by atoms with E-state index in [0.717, 1.165) is 0 Å².